The van der Waals surface area contributed by atoms with Gasteiger partial charge in [-0.05, 0) is 19.1 Å². The third-order valence-corrected chi connectivity index (χ3v) is 4.29. The lowest BCUT2D eigenvalue weighted by atomic mass is 10.2. The van der Waals surface area contributed by atoms with Gasteiger partial charge in [-0.15, -0.1) is 11.8 Å². The van der Waals surface area contributed by atoms with Crippen LogP contribution in [0, 0.1) is 17.0 Å². The van der Waals surface area contributed by atoms with E-state index in [1.165, 1.54) is 24.1 Å². The molecule has 0 saturated heterocycles. The quantitative estimate of drug-likeness (QED) is 0.467. The third kappa shape index (κ3) is 4.74. The molecular formula is C10H13NO4S2. The number of nitro benzene ring substituents is 1. The Hall–Kier alpha value is -1.08. The molecule has 0 fully saturated rings. The summed E-state index contributed by atoms with van der Waals surface area (Å²) >= 11 is 1.38. The van der Waals surface area contributed by atoms with Crippen molar-refractivity contribution in [2.45, 2.75) is 11.8 Å². The van der Waals surface area contributed by atoms with Crippen molar-refractivity contribution in [1.29, 1.82) is 0 Å². The summed E-state index contributed by atoms with van der Waals surface area (Å²) in [6.07, 6.45) is 1.19. The second-order valence-corrected chi connectivity index (χ2v) is 7.11. The smallest absolute Gasteiger partial charge is 0.258 e. The molecule has 0 aliphatic heterocycles. The number of rotatable bonds is 5. The van der Waals surface area contributed by atoms with Crippen LogP contribution in [0.25, 0.3) is 0 Å². The molecule has 0 heterocycles. The highest BCUT2D eigenvalue weighted by Gasteiger charge is 2.10. The number of nitro groups is 1. The molecule has 0 radical (unpaired) electrons. The highest BCUT2D eigenvalue weighted by Crippen LogP contribution is 2.25. The van der Waals surface area contributed by atoms with Crippen LogP contribution in [0.3, 0.4) is 0 Å². The van der Waals surface area contributed by atoms with Gasteiger partial charge >= 0.3 is 0 Å². The Kier molecular flexibility index (Phi) is 4.53. The van der Waals surface area contributed by atoms with Crippen molar-refractivity contribution in [3.05, 3.63) is 33.9 Å². The summed E-state index contributed by atoms with van der Waals surface area (Å²) in [5.74, 6) is 0.559. The van der Waals surface area contributed by atoms with Crippen LogP contribution in [0.2, 0.25) is 0 Å². The fourth-order valence-electron chi connectivity index (χ4n) is 1.23. The van der Waals surface area contributed by atoms with Gasteiger partial charge in [-0.2, -0.15) is 0 Å². The molecule has 1 aromatic rings. The summed E-state index contributed by atoms with van der Waals surface area (Å²) in [7, 11) is -2.96. The number of nitrogens with zero attached hydrogens (tertiary/aromatic N) is 1. The Balaban J connectivity index is 2.68. The van der Waals surface area contributed by atoms with Crippen molar-refractivity contribution in [3.63, 3.8) is 0 Å². The largest absolute Gasteiger partial charge is 0.272 e. The van der Waals surface area contributed by atoms with E-state index in [0.29, 0.717) is 11.3 Å². The van der Waals surface area contributed by atoms with Crippen LogP contribution in [0.4, 0.5) is 5.69 Å². The highest BCUT2D eigenvalue weighted by molar-refractivity contribution is 8.00. The van der Waals surface area contributed by atoms with Crippen LogP contribution < -0.4 is 0 Å². The van der Waals surface area contributed by atoms with E-state index in [1.807, 2.05) is 0 Å². The van der Waals surface area contributed by atoms with Crippen LogP contribution in [0.15, 0.2) is 23.1 Å². The van der Waals surface area contributed by atoms with Crippen molar-refractivity contribution < 1.29 is 13.3 Å². The number of sulfone groups is 1. The molecule has 94 valence electrons. The highest BCUT2D eigenvalue weighted by atomic mass is 32.2. The minimum Gasteiger partial charge on any atom is -0.258 e. The second kappa shape index (κ2) is 5.50. The maximum absolute atomic E-state index is 10.9. The zero-order valence-corrected chi connectivity index (χ0v) is 11.2. The van der Waals surface area contributed by atoms with Gasteiger partial charge in [-0.25, -0.2) is 8.42 Å². The van der Waals surface area contributed by atoms with E-state index in [4.69, 9.17) is 0 Å². The van der Waals surface area contributed by atoms with Gasteiger partial charge in [0.25, 0.3) is 5.69 Å². The van der Waals surface area contributed by atoms with Crippen molar-refractivity contribution in [3.8, 4) is 0 Å². The molecule has 1 aromatic carbocycles. The molecule has 1 rings (SSSR count). The minimum atomic E-state index is -2.96. The first kappa shape index (κ1) is 14.0. The topological polar surface area (TPSA) is 77.3 Å². The molecule has 0 saturated carbocycles. The Morgan fingerprint density at radius 3 is 2.53 bits per heavy atom. The standard InChI is InChI=1S/C10H13NO4S2/c1-8-7-9(3-4-10(8)11(12)13)16-5-6-17(2,14)15/h3-4,7H,5-6H2,1-2H3. The molecule has 0 atom stereocenters. The van der Waals surface area contributed by atoms with Crippen LogP contribution in [0.1, 0.15) is 5.56 Å². The Morgan fingerprint density at radius 2 is 2.06 bits per heavy atom. The lowest BCUT2D eigenvalue weighted by Gasteiger charge is -2.02. The van der Waals surface area contributed by atoms with E-state index in [0.717, 1.165) is 4.90 Å². The third-order valence-electron chi connectivity index (χ3n) is 2.09. The molecule has 0 N–H and O–H groups in total. The SMILES string of the molecule is Cc1cc(SCCS(C)(=O)=O)ccc1[N+](=O)[O-]. The molecule has 0 aliphatic carbocycles. The van der Waals surface area contributed by atoms with E-state index < -0.39 is 14.8 Å². The first-order valence-corrected chi connectivity index (χ1v) is 7.90. The number of aryl methyl sites for hydroxylation is 1. The summed E-state index contributed by atoms with van der Waals surface area (Å²) in [6, 6.07) is 4.78. The van der Waals surface area contributed by atoms with Gasteiger partial charge < -0.3 is 0 Å². The van der Waals surface area contributed by atoms with Gasteiger partial charge in [0.2, 0.25) is 0 Å². The van der Waals surface area contributed by atoms with E-state index in [-0.39, 0.29) is 11.4 Å². The second-order valence-electron chi connectivity index (χ2n) is 3.68. The summed E-state index contributed by atoms with van der Waals surface area (Å²) in [6.45, 7) is 1.67. The lowest BCUT2D eigenvalue weighted by Crippen LogP contribution is -2.04. The maximum atomic E-state index is 10.9. The van der Waals surface area contributed by atoms with Crippen LogP contribution in [-0.4, -0.2) is 31.1 Å². The zero-order valence-electron chi connectivity index (χ0n) is 9.54. The molecule has 7 heteroatoms. The van der Waals surface area contributed by atoms with Crippen LogP contribution in [0.5, 0.6) is 0 Å². The monoisotopic (exact) mass is 275 g/mol. The molecule has 0 aromatic heterocycles. The molecule has 5 nitrogen and oxygen atoms in total. The average molecular weight is 275 g/mol. The van der Waals surface area contributed by atoms with Gasteiger partial charge in [0.15, 0.2) is 0 Å². The van der Waals surface area contributed by atoms with Crippen LogP contribution >= 0.6 is 11.8 Å². The molecule has 17 heavy (non-hydrogen) atoms. The maximum Gasteiger partial charge on any atom is 0.272 e. The fraction of sp³-hybridized carbons (Fsp3) is 0.400. The van der Waals surface area contributed by atoms with Gasteiger partial charge in [-0.3, -0.25) is 10.1 Å². The minimum absolute atomic E-state index is 0.0810. The molecule has 0 bridgehead atoms. The van der Waals surface area contributed by atoms with Crippen molar-refractivity contribution >= 4 is 27.3 Å². The van der Waals surface area contributed by atoms with E-state index >= 15 is 0 Å². The van der Waals surface area contributed by atoms with Gasteiger partial charge in [0, 0.05) is 28.5 Å². The molecular weight excluding hydrogens is 262 g/mol. The van der Waals surface area contributed by atoms with E-state index in [2.05, 4.69) is 0 Å². The average Bonchev–Trinajstić information content (AvgIpc) is 2.15. The van der Waals surface area contributed by atoms with Crippen LogP contribution in [-0.2, 0) is 9.84 Å². The fourth-order valence-corrected chi connectivity index (χ4v) is 3.44. The first-order chi connectivity index (χ1) is 7.79. The zero-order chi connectivity index (χ0) is 13.1. The van der Waals surface area contributed by atoms with Gasteiger partial charge in [0.05, 0.1) is 10.7 Å². The number of hydrogen-bond donors (Lipinski definition) is 0. The molecule has 0 aliphatic rings. The van der Waals surface area contributed by atoms with Gasteiger partial charge in [0.1, 0.15) is 9.84 Å². The summed E-state index contributed by atoms with van der Waals surface area (Å²) < 4.78 is 21.9. The van der Waals surface area contributed by atoms with E-state index in [1.54, 1.807) is 19.1 Å². The molecule has 0 spiro atoms. The molecule has 0 unspecified atom stereocenters. The van der Waals surface area contributed by atoms with Crippen molar-refractivity contribution in [2.24, 2.45) is 0 Å². The first-order valence-electron chi connectivity index (χ1n) is 4.85. The summed E-state index contributed by atoms with van der Waals surface area (Å²) in [5, 5.41) is 10.6. The predicted molar refractivity (Wildman–Crippen MR) is 68.3 cm³/mol. The van der Waals surface area contributed by atoms with E-state index in [9.17, 15) is 18.5 Å². The van der Waals surface area contributed by atoms with Crippen molar-refractivity contribution in [2.75, 3.05) is 17.8 Å². The Labute approximate surface area is 104 Å². The lowest BCUT2D eigenvalue weighted by molar-refractivity contribution is -0.385. The Bertz CT molecular complexity index is 525. The summed E-state index contributed by atoms with van der Waals surface area (Å²) in [4.78, 5) is 11.0. The number of thioether (sulfide) groups is 1. The normalized spacial score (nSPS) is 11.4. The number of benzene rings is 1. The Morgan fingerprint density at radius 1 is 1.41 bits per heavy atom. The van der Waals surface area contributed by atoms with Gasteiger partial charge in [-0.1, -0.05) is 0 Å². The molecule has 0 amide bonds. The van der Waals surface area contributed by atoms with Crippen molar-refractivity contribution in [1.82, 2.24) is 0 Å². The number of hydrogen-bond acceptors (Lipinski definition) is 5. The predicted octanol–water partition coefficient (Wildman–Crippen LogP) is 2.04. The summed E-state index contributed by atoms with van der Waals surface area (Å²) in [5.41, 5.74) is 0.664.